The molecule has 3 aromatic rings. The average molecular weight is 554 g/mol. The van der Waals surface area contributed by atoms with Crippen LogP contribution in [0.5, 0.6) is 5.75 Å². The van der Waals surface area contributed by atoms with E-state index in [-0.39, 0.29) is 5.91 Å². The van der Waals surface area contributed by atoms with E-state index in [0.29, 0.717) is 25.6 Å². The number of aromatic nitrogens is 3. The summed E-state index contributed by atoms with van der Waals surface area (Å²) in [7, 11) is 1.66. The van der Waals surface area contributed by atoms with Crippen molar-refractivity contribution in [2.45, 2.75) is 52.1 Å². The van der Waals surface area contributed by atoms with Crippen molar-refractivity contribution in [1.82, 2.24) is 25.1 Å². The number of pyridine rings is 1. The maximum atomic E-state index is 12.5. The van der Waals surface area contributed by atoms with Crippen LogP contribution in [0.2, 0.25) is 0 Å². The molecule has 0 unspecified atom stereocenters. The van der Waals surface area contributed by atoms with Gasteiger partial charge < -0.3 is 4.74 Å². The number of carbonyl (C=O) groups excluding carboxylic acids is 1. The Balaban J connectivity index is 1.34. The molecule has 1 atom stereocenters. The number of piperidine rings is 1. The number of carbonyl (C=O) groups is 1. The number of nitrogens with zero attached hydrogens (tertiary/aromatic N) is 5. The van der Waals surface area contributed by atoms with Crippen LogP contribution in [0.4, 0.5) is 0 Å². The molecule has 1 amide bonds. The molecular formula is C27H33BrN6O2. The lowest BCUT2D eigenvalue weighted by molar-refractivity contribution is -0.121. The van der Waals surface area contributed by atoms with Crippen LogP contribution in [0.25, 0.3) is 0 Å². The third-order valence-corrected chi connectivity index (χ3v) is 7.78. The number of hydrogen-bond donors (Lipinski definition) is 1. The van der Waals surface area contributed by atoms with Crippen LogP contribution in [0, 0.1) is 13.8 Å². The molecule has 8 nitrogen and oxygen atoms in total. The molecule has 0 radical (unpaired) electrons. The predicted octanol–water partition coefficient (Wildman–Crippen LogP) is 4.78. The van der Waals surface area contributed by atoms with Crippen LogP contribution in [0.1, 0.15) is 59.8 Å². The molecule has 1 aromatic carbocycles. The molecule has 1 aliphatic rings. The first-order valence-corrected chi connectivity index (χ1v) is 13.1. The minimum atomic E-state index is -0.0945. The monoisotopic (exact) mass is 552 g/mol. The van der Waals surface area contributed by atoms with E-state index in [2.05, 4.69) is 47.5 Å². The smallest absolute Gasteiger partial charge is 0.241 e. The lowest BCUT2D eigenvalue weighted by Gasteiger charge is -2.35. The molecular weight excluding hydrogens is 520 g/mol. The maximum absolute atomic E-state index is 12.5. The highest BCUT2D eigenvalue weighted by Crippen LogP contribution is 2.30. The fourth-order valence-corrected chi connectivity index (χ4v) is 4.97. The fourth-order valence-electron chi connectivity index (χ4n) is 4.68. The van der Waals surface area contributed by atoms with Gasteiger partial charge in [0.05, 0.1) is 35.7 Å². The standard InChI is InChI=1S/C27H33BrN6O2/c1-19-27(28)20(2)34(32-19)18-23-15-21(9-10-25(23)36-3)16-30-31-26(35)11-14-33-13-5-4-8-24(33)22-7-6-12-29-17-22/h6-7,9-10,12,15-17,24H,4-5,8,11,13-14,18H2,1-3H3,(H,31,35)/b30-16-/t24-/m0/s1. The van der Waals surface area contributed by atoms with E-state index >= 15 is 0 Å². The van der Waals surface area contributed by atoms with Crippen LogP contribution in [0.15, 0.2) is 52.3 Å². The zero-order valence-corrected chi connectivity index (χ0v) is 22.7. The van der Waals surface area contributed by atoms with E-state index in [4.69, 9.17) is 4.74 Å². The summed E-state index contributed by atoms with van der Waals surface area (Å²) >= 11 is 3.58. The molecule has 1 aliphatic heterocycles. The molecule has 4 rings (SSSR count). The number of aryl methyl sites for hydroxylation is 1. The normalized spacial score (nSPS) is 16.4. The number of likely N-dealkylation sites (tertiary alicyclic amines) is 1. The highest BCUT2D eigenvalue weighted by Gasteiger charge is 2.24. The molecule has 9 heteroatoms. The second-order valence-electron chi connectivity index (χ2n) is 9.09. The maximum Gasteiger partial charge on any atom is 0.241 e. The number of nitrogens with one attached hydrogen (secondary N) is 1. The molecule has 0 saturated carbocycles. The van der Waals surface area contributed by atoms with Gasteiger partial charge in [-0.3, -0.25) is 19.4 Å². The number of hydrogen-bond acceptors (Lipinski definition) is 6. The third-order valence-electron chi connectivity index (χ3n) is 6.63. The Morgan fingerprint density at radius 3 is 2.89 bits per heavy atom. The SMILES string of the molecule is COc1ccc(/C=N\NC(=O)CCN2CCCC[C@H]2c2cccnc2)cc1Cn1nc(C)c(Br)c1C. The van der Waals surface area contributed by atoms with E-state index in [1.54, 1.807) is 19.5 Å². The van der Waals surface area contributed by atoms with Gasteiger partial charge in [0.1, 0.15) is 5.75 Å². The second-order valence-corrected chi connectivity index (χ2v) is 9.88. The number of halogens is 1. The molecule has 3 heterocycles. The van der Waals surface area contributed by atoms with Crippen LogP contribution in [-0.2, 0) is 11.3 Å². The van der Waals surface area contributed by atoms with E-state index in [1.165, 1.54) is 12.0 Å². The van der Waals surface area contributed by atoms with Crippen molar-refractivity contribution in [3.05, 3.63) is 75.3 Å². The third kappa shape index (κ3) is 6.39. The summed E-state index contributed by atoms with van der Waals surface area (Å²) in [6, 6.07) is 10.3. The summed E-state index contributed by atoms with van der Waals surface area (Å²) in [5.74, 6) is 0.688. The lowest BCUT2D eigenvalue weighted by Crippen LogP contribution is -2.36. The highest BCUT2D eigenvalue weighted by atomic mass is 79.9. The van der Waals surface area contributed by atoms with E-state index < -0.39 is 0 Å². The number of hydrazone groups is 1. The number of rotatable bonds is 9. The molecule has 0 spiro atoms. The molecule has 0 bridgehead atoms. The van der Waals surface area contributed by atoms with Gasteiger partial charge in [-0.25, -0.2) is 5.43 Å². The molecule has 2 aromatic heterocycles. The fraction of sp³-hybridized carbons (Fsp3) is 0.407. The molecule has 1 fully saturated rings. The summed E-state index contributed by atoms with van der Waals surface area (Å²) in [6.07, 6.45) is 9.25. The Kier molecular flexibility index (Phi) is 8.88. The first kappa shape index (κ1) is 26.0. The van der Waals surface area contributed by atoms with Gasteiger partial charge in [-0.2, -0.15) is 10.2 Å². The predicted molar refractivity (Wildman–Crippen MR) is 144 cm³/mol. The zero-order chi connectivity index (χ0) is 25.5. The van der Waals surface area contributed by atoms with Crippen molar-refractivity contribution in [2.24, 2.45) is 5.10 Å². The van der Waals surface area contributed by atoms with Gasteiger partial charge in [0.15, 0.2) is 0 Å². The molecule has 190 valence electrons. The minimum Gasteiger partial charge on any atom is -0.496 e. The summed E-state index contributed by atoms with van der Waals surface area (Å²) in [6.45, 7) is 6.27. The van der Waals surface area contributed by atoms with Crippen LogP contribution < -0.4 is 10.2 Å². The Hall–Kier alpha value is -3.04. The Morgan fingerprint density at radius 2 is 2.17 bits per heavy atom. The van der Waals surface area contributed by atoms with E-state index in [1.807, 2.05) is 49.0 Å². The van der Waals surface area contributed by atoms with Gasteiger partial charge in [-0.05, 0) is 84.6 Å². The summed E-state index contributed by atoms with van der Waals surface area (Å²) in [5, 5.41) is 8.79. The number of ether oxygens (including phenoxy) is 1. The van der Waals surface area contributed by atoms with E-state index in [9.17, 15) is 4.79 Å². The Labute approximate surface area is 220 Å². The summed E-state index contributed by atoms with van der Waals surface area (Å²) < 4.78 is 8.50. The first-order valence-electron chi connectivity index (χ1n) is 12.3. The lowest BCUT2D eigenvalue weighted by atomic mass is 9.96. The first-order chi connectivity index (χ1) is 17.5. The van der Waals surface area contributed by atoms with Gasteiger partial charge in [0.2, 0.25) is 5.91 Å². The number of amides is 1. The van der Waals surface area contributed by atoms with Crippen LogP contribution in [0.3, 0.4) is 0 Å². The highest BCUT2D eigenvalue weighted by molar-refractivity contribution is 9.10. The van der Waals surface area contributed by atoms with Crippen molar-refractivity contribution < 1.29 is 9.53 Å². The second kappa shape index (κ2) is 12.3. The van der Waals surface area contributed by atoms with Crippen molar-refractivity contribution in [1.29, 1.82) is 0 Å². The average Bonchev–Trinajstić information content (AvgIpc) is 3.14. The van der Waals surface area contributed by atoms with Crippen molar-refractivity contribution >= 4 is 28.1 Å². The quantitative estimate of drug-likeness (QED) is 0.305. The zero-order valence-electron chi connectivity index (χ0n) is 21.1. The van der Waals surface area contributed by atoms with Crippen molar-refractivity contribution in [3.63, 3.8) is 0 Å². The van der Waals surface area contributed by atoms with Gasteiger partial charge in [0.25, 0.3) is 0 Å². The van der Waals surface area contributed by atoms with Gasteiger partial charge in [0, 0.05) is 37.0 Å². The van der Waals surface area contributed by atoms with Crippen LogP contribution >= 0.6 is 15.9 Å². The molecule has 1 saturated heterocycles. The minimum absolute atomic E-state index is 0.0945. The topological polar surface area (TPSA) is 84.6 Å². The van der Waals surface area contributed by atoms with Gasteiger partial charge >= 0.3 is 0 Å². The van der Waals surface area contributed by atoms with Crippen molar-refractivity contribution in [2.75, 3.05) is 20.2 Å². The number of methoxy groups -OCH3 is 1. The summed E-state index contributed by atoms with van der Waals surface area (Å²) in [5.41, 5.74) is 7.76. The van der Waals surface area contributed by atoms with Crippen LogP contribution in [-0.4, -0.2) is 52.0 Å². The van der Waals surface area contributed by atoms with Gasteiger partial charge in [-0.15, -0.1) is 0 Å². The Bertz CT molecular complexity index is 1210. The Morgan fingerprint density at radius 1 is 1.31 bits per heavy atom. The van der Waals surface area contributed by atoms with Crippen molar-refractivity contribution in [3.8, 4) is 5.75 Å². The number of benzene rings is 1. The van der Waals surface area contributed by atoms with Gasteiger partial charge in [-0.1, -0.05) is 12.5 Å². The largest absolute Gasteiger partial charge is 0.496 e. The summed E-state index contributed by atoms with van der Waals surface area (Å²) in [4.78, 5) is 19.2. The molecule has 1 N–H and O–H groups in total. The van der Waals surface area contributed by atoms with E-state index in [0.717, 1.165) is 52.1 Å². The molecule has 0 aliphatic carbocycles. The molecule has 36 heavy (non-hydrogen) atoms.